The molecule has 0 amide bonds. The highest BCUT2D eigenvalue weighted by atomic mass is 79.9. The zero-order valence-electron chi connectivity index (χ0n) is 28.0. The zero-order valence-corrected chi connectivity index (χ0v) is 33.6. The Morgan fingerprint density at radius 3 is 1.20 bits per heavy atom. The van der Waals surface area contributed by atoms with Crippen LogP contribution in [0.4, 0.5) is 0 Å². The molecule has 2 nitrogen and oxygen atoms in total. The Labute approximate surface area is 305 Å². The maximum atomic E-state index is 3.92. The van der Waals surface area contributed by atoms with Gasteiger partial charge in [-0.15, -0.1) is 22.7 Å². The summed E-state index contributed by atoms with van der Waals surface area (Å²) in [6, 6.07) is 5.50. The van der Waals surface area contributed by atoms with Crippen LogP contribution in [0.3, 0.4) is 0 Å². The summed E-state index contributed by atoms with van der Waals surface area (Å²) in [4.78, 5) is 2.81. The minimum atomic E-state index is 0.289. The van der Waals surface area contributed by atoms with Gasteiger partial charge in [-0.2, -0.15) is 0 Å². The number of allylic oxidation sites excluding steroid dienone is 2. The molecule has 2 aliphatic rings. The van der Waals surface area contributed by atoms with E-state index in [4.69, 9.17) is 0 Å². The predicted molar refractivity (Wildman–Crippen MR) is 213 cm³/mol. The first kappa shape index (κ1) is 37.9. The van der Waals surface area contributed by atoms with Crippen LogP contribution in [0.2, 0.25) is 0 Å². The molecule has 2 unspecified atom stereocenters. The van der Waals surface area contributed by atoms with Crippen LogP contribution in [0.1, 0.15) is 163 Å². The second kappa shape index (κ2) is 22.0. The number of thiophene rings is 2. The molecule has 2 atom stereocenters. The van der Waals surface area contributed by atoms with E-state index in [1.165, 1.54) is 181 Å². The lowest BCUT2D eigenvalue weighted by Crippen LogP contribution is -2.37. The molecule has 0 aromatic carbocycles. The van der Waals surface area contributed by atoms with E-state index < -0.39 is 0 Å². The van der Waals surface area contributed by atoms with Gasteiger partial charge in [0, 0.05) is 21.9 Å². The molecular formula is C38H58Br2N2S3. The monoisotopic (exact) mass is 796 g/mol. The molecule has 2 N–H and O–H groups in total. The molecule has 0 radical (unpaired) electrons. The fraction of sp³-hybridized carbons (Fsp3) is 0.684. The number of nitrogens with one attached hydrogen (secondary N) is 2. The molecule has 45 heavy (non-hydrogen) atoms. The summed E-state index contributed by atoms with van der Waals surface area (Å²) < 4.78 is 10.0. The summed E-state index contributed by atoms with van der Waals surface area (Å²) >= 11 is 13.3. The van der Waals surface area contributed by atoms with Gasteiger partial charge >= 0.3 is 0 Å². The molecule has 0 spiro atoms. The Hall–Kier alpha value is 0.110. The van der Waals surface area contributed by atoms with Gasteiger partial charge in [0.2, 0.25) is 0 Å². The first-order chi connectivity index (χ1) is 22.1. The molecule has 7 heteroatoms. The van der Waals surface area contributed by atoms with Crippen molar-refractivity contribution in [2.45, 2.75) is 167 Å². The van der Waals surface area contributed by atoms with Gasteiger partial charge in [0.15, 0.2) is 0 Å². The maximum Gasteiger partial charge on any atom is 0.0736 e. The standard InChI is InChI=1S/C38H58Br2N2S3/c1-3-5-7-9-11-13-15-17-19-21-23-29-27-33(43-37(29)39)31-25-26-32(36-35(31)41-45-42-36)34-28-30(38(40)44-34)24-22-20-18-16-14-12-10-8-6-4-2/h25-28,35-36,41-42H,3-24H2,1-2H3. The van der Waals surface area contributed by atoms with Crippen LogP contribution in [0.5, 0.6) is 0 Å². The molecule has 1 fully saturated rings. The van der Waals surface area contributed by atoms with Crippen molar-refractivity contribution in [2.75, 3.05) is 0 Å². The van der Waals surface area contributed by atoms with E-state index in [1.54, 1.807) is 12.1 Å². The topological polar surface area (TPSA) is 24.1 Å². The summed E-state index contributed by atoms with van der Waals surface area (Å²) in [5.41, 5.74) is 5.81. The molecular weight excluding hydrogens is 740 g/mol. The predicted octanol–water partition coefficient (Wildman–Crippen LogP) is 14.2. The van der Waals surface area contributed by atoms with Crippen molar-refractivity contribution >= 4 is 77.8 Å². The summed E-state index contributed by atoms with van der Waals surface area (Å²) in [6.45, 7) is 4.60. The first-order valence-corrected chi connectivity index (χ1v) is 22.3. The molecule has 4 rings (SSSR count). The van der Waals surface area contributed by atoms with Gasteiger partial charge in [0.05, 0.1) is 19.7 Å². The normalized spacial score (nSPS) is 18.0. The second-order valence-electron chi connectivity index (χ2n) is 13.2. The van der Waals surface area contributed by atoms with Crippen molar-refractivity contribution in [2.24, 2.45) is 0 Å². The Kier molecular flexibility index (Phi) is 18.5. The third-order valence-corrected chi connectivity index (χ3v) is 14.3. The van der Waals surface area contributed by atoms with Crippen molar-refractivity contribution in [3.05, 3.63) is 52.7 Å². The molecule has 0 bridgehead atoms. The number of hydrogen-bond donors (Lipinski definition) is 2. The van der Waals surface area contributed by atoms with E-state index in [2.05, 4.69) is 79.4 Å². The highest BCUT2D eigenvalue weighted by Crippen LogP contribution is 2.44. The minimum Gasteiger partial charge on any atom is -0.241 e. The van der Waals surface area contributed by atoms with Crippen molar-refractivity contribution in [1.82, 2.24) is 9.44 Å². The second-order valence-corrected chi connectivity index (χ2v) is 18.6. The molecule has 2 aromatic rings. The maximum absolute atomic E-state index is 3.92. The van der Waals surface area contributed by atoms with Crippen LogP contribution in [-0.2, 0) is 12.8 Å². The largest absolute Gasteiger partial charge is 0.241 e. The van der Waals surface area contributed by atoms with Crippen LogP contribution in [0, 0.1) is 0 Å². The Balaban J connectivity index is 1.24. The van der Waals surface area contributed by atoms with Crippen LogP contribution in [0.15, 0.2) is 31.9 Å². The van der Waals surface area contributed by atoms with E-state index in [9.17, 15) is 0 Å². The zero-order chi connectivity index (χ0) is 31.7. The van der Waals surface area contributed by atoms with E-state index in [1.807, 2.05) is 22.7 Å². The fourth-order valence-corrected chi connectivity index (χ4v) is 11.2. The van der Waals surface area contributed by atoms with Crippen molar-refractivity contribution in [3.8, 4) is 0 Å². The number of halogens is 2. The minimum absolute atomic E-state index is 0.289. The van der Waals surface area contributed by atoms with Crippen LogP contribution in [0.25, 0.3) is 11.1 Å². The average Bonchev–Trinajstić information content (AvgIpc) is 3.77. The number of fused-ring (bicyclic) bond motifs is 1. The van der Waals surface area contributed by atoms with Gasteiger partial charge in [-0.25, -0.2) is 9.44 Å². The van der Waals surface area contributed by atoms with Gasteiger partial charge in [-0.3, -0.25) is 0 Å². The van der Waals surface area contributed by atoms with E-state index in [0.29, 0.717) is 0 Å². The molecule has 252 valence electrons. The van der Waals surface area contributed by atoms with Crippen LogP contribution >= 0.6 is 66.7 Å². The van der Waals surface area contributed by atoms with Crippen molar-refractivity contribution in [3.63, 3.8) is 0 Å². The molecule has 2 aromatic heterocycles. The van der Waals surface area contributed by atoms with E-state index in [-0.39, 0.29) is 12.1 Å². The van der Waals surface area contributed by atoms with Crippen molar-refractivity contribution in [1.29, 1.82) is 0 Å². The van der Waals surface area contributed by atoms with E-state index in [0.717, 1.165) is 0 Å². The number of hydrogen-bond acceptors (Lipinski definition) is 5. The van der Waals surface area contributed by atoms with Gasteiger partial charge in [0.1, 0.15) is 0 Å². The highest BCUT2D eigenvalue weighted by molar-refractivity contribution is 9.11. The molecule has 0 saturated carbocycles. The molecule has 1 aliphatic carbocycles. The first-order valence-electron chi connectivity index (χ1n) is 18.3. The van der Waals surface area contributed by atoms with Crippen LogP contribution in [-0.4, -0.2) is 12.1 Å². The Morgan fingerprint density at radius 2 is 0.844 bits per heavy atom. The quantitative estimate of drug-likeness (QED) is 0.0817. The Bertz CT molecular complexity index is 1090. The van der Waals surface area contributed by atoms with E-state index >= 15 is 0 Å². The van der Waals surface area contributed by atoms with Crippen molar-refractivity contribution < 1.29 is 0 Å². The third kappa shape index (κ3) is 12.5. The Morgan fingerprint density at radius 1 is 0.511 bits per heavy atom. The molecule has 1 aliphatic heterocycles. The lowest BCUT2D eigenvalue weighted by Gasteiger charge is -2.26. The SMILES string of the molecule is CCCCCCCCCCCCc1cc(C2=CC=C(c3cc(CCCCCCCCCCCC)c(Br)s3)C3NSNC23)sc1Br. The number of rotatable bonds is 24. The van der Waals surface area contributed by atoms with Gasteiger partial charge in [-0.1, -0.05) is 142 Å². The average molecular weight is 799 g/mol. The third-order valence-electron chi connectivity index (χ3n) is 9.50. The smallest absolute Gasteiger partial charge is 0.0736 e. The lowest BCUT2D eigenvalue weighted by atomic mass is 9.87. The fourth-order valence-electron chi connectivity index (χ4n) is 6.69. The van der Waals surface area contributed by atoms with Crippen LogP contribution < -0.4 is 9.44 Å². The summed E-state index contributed by atoms with van der Waals surface area (Å²) in [5, 5.41) is 0. The number of aryl methyl sites for hydroxylation is 2. The summed E-state index contributed by atoms with van der Waals surface area (Å²) in [7, 11) is 0. The van der Waals surface area contributed by atoms with Gasteiger partial charge in [0.25, 0.3) is 0 Å². The van der Waals surface area contributed by atoms with Gasteiger partial charge in [-0.05, 0) is 91.9 Å². The number of unbranched alkanes of at least 4 members (excludes halogenated alkanes) is 18. The lowest BCUT2D eigenvalue weighted by molar-refractivity contribution is 0.556. The molecule has 1 saturated heterocycles. The van der Waals surface area contributed by atoms with Gasteiger partial charge < -0.3 is 0 Å². The summed E-state index contributed by atoms with van der Waals surface area (Å²) in [6.07, 6.45) is 34.9. The highest BCUT2D eigenvalue weighted by Gasteiger charge is 2.37. The molecule has 3 heterocycles. The summed E-state index contributed by atoms with van der Waals surface area (Å²) in [5.74, 6) is 0.